The third-order valence-corrected chi connectivity index (χ3v) is 9.77. The van der Waals surface area contributed by atoms with Crippen molar-refractivity contribution < 1.29 is 47.0 Å². The van der Waals surface area contributed by atoms with Gasteiger partial charge in [-0.1, -0.05) is 34.7 Å². The number of hydrogen-bond acceptors (Lipinski definition) is 12. The van der Waals surface area contributed by atoms with E-state index < -0.39 is 0 Å². The Morgan fingerprint density at radius 3 is 1.18 bits per heavy atom. The molecule has 12 bridgehead atoms. The van der Waals surface area contributed by atoms with Crippen LogP contribution in [0.4, 0.5) is 0 Å². The van der Waals surface area contributed by atoms with Crippen LogP contribution in [0.3, 0.4) is 0 Å². The predicted octanol–water partition coefficient (Wildman–Crippen LogP) is 3.32. The number of nitrogens with zero attached hydrogens (tertiary/aromatic N) is 8. The van der Waals surface area contributed by atoms with E-state index in [1.54, 1.807) is 0 Å². The number of ether oxygens (including phenoxy) is 8. The van der Waals surface area contributed by atoms with E-state index in [-0.39, 0.29) is 0 Å². The molecular formula is C44H56N8O8+2. The lowest BCUT2D eigenvalue weighted by molar-refractivity contribution is -0.696. The number of rotatable bonds is 0. The Balaban J connectivity index is 0.861. The van der Waals surface area contributed by atoms with Crippen LogP contribution in [-0.4, -0.2) is 122 Å². The molecule has 0 atom stereocenters. The summed E-state index contributed by atoms with van der Waals surface area (Å²) in [5, 5.41) is 19.2. The SMILES string of the molecule is c1cc2c3cccc(c3c1)OCCOCCOCCOCCn1cc(nn1)CC[n+]1ccc(cc1)-c1cc[n+](cc1)CCc1cn(nn1)CCOCCOCCOCCO2. The highest BCUT2D eigenvalue weighted by Crippen LogP contribution is 2.32. The molecule has 3 aliphatic rings. The second-order valence-electron chi connectivity index (χ2n) is 14.1. The van der Waals surface area contributed by atoms with Gasteiger partial charge in [0, 0.05) is 47.4 Å². The maximum absolute atomic E-state index is 6.07. The van der Waals surface area contributed by atoms with Gasteiger partial charge < -0.3 is 37.9 Å². The van der Waals surface area contributed by atoms with Gasteiger partial charge in [-0.05, 0) is 23.3 Å². The van der Waals surface area contributed by atoms with Gasteiger partial charge in [0.15, 0.2) is 37.9 Å². The summed E-state index contributed by atoms with van der Waals surface area (Å²) in [6.45, 7) is 9.56. The van der Waals surface area contributed by atoms with Gasteiger partial charge in [-0.25, -0.2) is 18.5 Å². The Bertz CT molecular complexity index is 1980. The average Bonchev–Trinajstić information content (AvgIpc) is 3.95. The van der Waals surface area contributed by atoms with Gasteiger partial charge in [0.1, 0.15) is 24.7 Å². The molecule has 318 valence electrons. The normalized spacial score (nSPS) is 17.2. The lowest BCUT2D eigenvalue weighted by atomic mass is 10.1. The van der Waals surface area contributed by atoms with Gasteiger partial charge in [-0.3, -0.25) is 0 Å². The summed E-state index contributed by atoms with van der Waals surface area (Å²) >= 11 is 0. The summed E-state index contributed by atoms with van der Waals surface area (Å²) in [4.78, 5) is 0. The molecule has 9 rings (SSSR count). The van der Waals surface area contributed by atoms with Crippen molar-refractivity contribution in [3.63, 3.8) is 0 Å². The van der Waals surface area contributed by atoms with Gasteiger partial charge in [0.2, 0.25) is 0 Å². The first-order valence-electron chi connectivity index (χ1n) is 20.8. The van der Waals surface area contributed by atoms with E-state index in [1.807, 2.05) is 58.2 Å². The molecule has 0 radical (unpaired) electrons. The standard InChI is InChI=1S/C44H56N8O8/c1-3-41-42-4-2-6-44(41)60-34-32-58-30-28-56-26-24-54-22-20-52-36-40(46-48-52)12-18-50-15-9-38(10-16-50)37-7-13-49(14-8-37)17-11-39-35-51(47-45-39)19-21-53-23-25-55-27-29-57-31-33-59-43(42)5-1/h1-10,13-16,35-36H,11-12,17-34H2/q+2. The van der Waals surface area contributed by atoms with Crippen LogP contribution in [0.1, 0.15) is 11.4 Å². The monoisotopic (exact) mass is 824 g/mol. The highest BCUT2D eigenvalue weighted by molar-refractivity contribution is 5.93. The zero-order valence-electron chi connectivity index (χ0n) is 34.2. The van der Waals surface area contributed by atoms with Crippen molar-refractivity contribution in [2.75, 3.05) is 92.5 Å². The van der Waals surface area contributed by atoms with Gasteiger partial charge in [0.25, 0.3) is 0 Å². The summed E-state index contributed by atoms with van der Waals surface area (Å²) in [6.07, 6.45) is 14.0. The molecule has 4 aromatic heterocycles. The minimum absolute atomic E-state index is 0.420. The number of aryl methyl sites for hydroxylation is 4. The maximum atomic E-state index is 6.07. The molecule has 2 aromatic carbocycles. The van der Waals surface area contributed by atoms with Crippen LogP contribution in [0, 0.1) is 0 Å². The van der Waals surface area contributed by atoms with Crippen LogP contribution in [0.15, 0.2) is 97.8 Å². The third-order valence-electron chi connectivity index (χ3n) is 9.77. The predicted molar refractivity (Wildman–Crippen MR) is 220 cm³/mol. The molecule has 0 aliphatic carbocycles. The second-order valence-corrected chi connectivity index (χ2v) is 14.1. The molecule has 3 aliphatic heterocycles. The molecule has 16 heteroatoms. The highest BCUT2D eigenvalue weighted by atomic mass is 16.6. The molecule has 0 unspecified atom stereocenters. The molecule has 60 heavy (non-hydrogen) atoms. The van der Waals surface area contributed by atoms with Crippen LogP contribution in [0.2, 0.25) is 0 Å². The minimum atomic E-state index is 0.420. The van der Waals surface area contributed by atoms with Crippen molar-refractivity contribution in [3.05, 3.63) is 109 Å². The van der Waals surface area contributed by atoms with E-state index in [0.717, 1.165) is 70.7 Å². The van der Waals surface area contributed by atoms with Crippen molar-refractivity contribution in [2.45, 2.75) is 39.0 Å². The van der Waals surface area contributed by atoms with Crippen LogP contribution in [0.25, 0.3) is 21.9 Å². The fourth-order valence-electron chi connectivity index (χ4n) is 6.53. The summed E-state index contributed by atoms with van der Waals surface area (Å²) in [5.41, 5.74) is 4.21. The minimum Gasteiger partial charge on any atom is -0.491 e. The van der Waals surface area contributed by atoms with Crippen molar-refractivity contribution in [3.8, 4) is 22.6 Å². The second kappa shape index (κ2) is 24.0. The zero-order chi connectivity index (χ0) is 40.9. The number of aromatic nitrogens is 8. The molecule has 0 amide bonds. The summed E-state index contributed by atoms with van der Waals surface area (Å²) in [6, 6.07) is 20.5. The molecule has 7 heterocycles. The van der Waals surface area contributed by atoms with E-state index >= 15 is 0 Å². The molecule has 6 aromatic rings. The first-order valence-corrected chi connectivity index (χ1v) is 20.8. The first-order chi connectivity index (χ1) is 29.8. The lowest BCUT2D eigenvalue weighted by Crippen LogP contribution is -2.34. The lowest BCUT2D eigenvalue weighted by Gasteiger charge is -2.13. The van der Waals surface area contributed by atoms with E-state index in [0.29, 0.717) is 106 Å². The van der Waals surface area contributed by atoms with E-state index in [1.165, 1.54) is 0 Å². The third kappa shape index (κ3) is 13.9. The Morgan fingerprint density at radius 2 is 0.783 bits per heavy atom. The largest absolute Gasteiger partial charge is 0.491 e. The Morgan fingerprint density at radius 1 is 0.417 bits per heavy atom. The smallest absolute Gasteiger partial charge is 0.169 e. The fourth-order valence-corrected chi connectivity index (χ4v) is 6.53. The van der Waals surface area contributed by atoms with Gasteiger partial charge in [-0.2, -0.15) is 0 Å². The van der Waals surface area contributed by atoms with Gasteiger partial charge >= 0.3 is 0 Å². The van der Waals surface area contributed by atoms with Crippen LogP contribution >= 0.6 is 0 Å². The van der Waals surface area contributed by atoms with Gasteiger partial charge in [-0.15, -0.1) is 10.2 Å². The van der Waals surface area contributed by atoms with Crippen molar-refractivity contribution >= 4 is 10.8 Å². The van der Waals surface area contributed by atoms with Crippen LogP contribution in [0.5, 0.6) is 11.5 Å². The quantitative estimate of drug-likeness (QED) is 0.208. The van der Waals surface area contributed by atoms with Crippen molar-refractivity contribution in [2.24, 2.45) is 0 Å². The van der Waals surface area contributed by atoms with Crippen molar-refractivity contribution in [1.82, 2.24) is 30.0 Å². The topological polar surface area (TPSA) is 143 Å². The Labute approximate surface area is 350 Å². The highest BCUT2D eigenvalue weighted by Gasteiger charge is 2.11. The van der Waals surface area contributed by atoms with Gasteiger partial charge in [0.05, 0.1) is 117 Å². The first kappa shape index (κ1) is 42.8. The Kier molecular flexibility index (Phi) is 17.1. The molecule has 0 saturated carbocycles. The molecular weight excluding hydrogens is 769 g/mol. The van der Waals surface area contributed by atoms with Crippen LogP contribution in [-0.2, 0) is 67.4 Å². The molecule has 0 saturated heterocycles. The number of hydrogen-bond donors (Lipinski definition) is 0. The zero-order valence-corrected chi connectivity index (χ0v) is 34.2. The van der Waals surface area contributed by atoms with Crippen molar-refractivity contribution in [1.29, 1.82) is 0 Å². The van der Waals surface area contributed by atoms with E-state index in [2.05, 4.69) is 78.8 Å². The number of pyridine rings is 2. The van der Waals surface area contributed by atoms with E-state index in [4.69, 9.17) is 37.9 Å². The molecule has 0 N–H and O–H groups in total. The van der Waals surface area contributed by atoms with E-state index in [9.17, 15) is 0 Å². The van der Waals surface area contributed by atoms with Crippen LogP contribution < -0.4 is 18.6 Å². The molecule has 0 fully saturated rings. The number of benzene rings is 2. The average molecular weight is 825 g/mol. The Hall–Kier alpha value is -5.36. The molecule has 16 nitrogen and oxygen atoms in total. The summed E-state index contributed by atoms with van der Waals surface area (Å²) < 4.78 is 54.4. The summed E-state index contributed by atoms with van der Waals surface area (Å²) in [5.74, 6) is 1.56. The number of fused-ring (bicyclic) bond motifs is 2. The molecule has 0 spiro atoms. The summed E-state index contributed by atoms with van der Waals surface area (Å²) in [7, 11) is 0. The fraction of sp³-hybridized carbons (Fsp3) is 0.455. The maximum Gasteiger partial charge on any atom is 0.169 e.